The summed E-state index contributed by atoms with van der Waals surface area (Å²) >= 11 is 0. The number of urea groups is 1. The van der Waals surface area contributed by atoms with E-state index >= 15 is 0 Å². The quantitative estimate of drug-likeness (QED) is 0.655. The lowest BCUT2D eigenvalue weighted by Crippen LogP contribution is -2.56. The van der Waals surface area contributed by atoms with E-state index in [1.54, 1.807) is 0 Å². The van der Waals surface area contributed by atoms with E-state index in [-0.39, 0.29) is 25.6 Å². The molecule has 2 N–H and O–H groups in total. The monoisotopic (exact) mass is 438 g/mol. The number of fused-ring (bicyclic) bond motifs is 1. The predicted molar refractivity (Wildman–Crippen MR) is 120 cm³/mol. The van der Waals surface area contributed by atoms with E-state index in [9.17, 15) is 24.6 Å². The molecule has 0 unspecified atom stereocenters. The summed E-state index contributed by atoms with van der Waals surface area (Å²) in [5, 5.41) is 19.6. The Bertz CT molecular complexity index is 960. The number of aliphatic carboxylic acids is 2. The molecule has 2 amide bonds. The van der Waals surface area contributed by atoms with Crippen molar-refractivity contribution in [3.8, 4) is 0 Å². The molecule has 0 saturated carbocycles. The minimum Gasteiger partial charge on any atom is -0.481 e. The fourth-order valence-electron chi connectivity index (χ4n) is 4.14. The SMILES string of the molecule is CC(C)N(C[C@@H](CCc1ccccc1)C(=O)O)C(=O)N1Cc2ccccc2C[C@H]1C(=O)O. The highest BCUT2D eigenvalue weighted by Gasteiger charge is 2.38. The summed E-state index contributed by atoms with van der Waals surface area (Å²) in [6, 6.07) is 15.5. The van der Waals surface area contributed by atoms with Crippen molar-refractivity contribution >= 4 is 18.0 Å². The number of carbonyl (C=O) groups excluding carboxylic acids is 1. The number of hydrogen-bond donors (Lipinski definition) is 2. The highest BCUT2D eigenvalue weighted by Crippen LogP contribution is 2.26. The number of hydrogen-bond acceptors (Lipinski definition) is 3. The molecule has 0 saturated heterocycles. The Morgan fingerprint density at radius 1 is 1.00 bits per heavy atom. The van der Waals surface area contributed by atoms with E-state index in [4.69, 9.17) is 0 Å². The summed E-state index contributed by atoms with van der Waals surface area (Å²) in [6.45, 7) is 3.86. The zero-order valence-corrected chi connectivity index (χ0v) is 18.5. The molecule has 0 spiro atoms. The van der Waals surface area contributed by atoms with E-state index in [1.165, 1.54) is 9.80 Å². The zero-order chi connectivity index (χ0) is 23.3. The van der Waals surface area contributed by atoms with Gasteiger partial charge in [0, 0.05) is 25.6 Å². The second-order valence-corrected chi connectivity index (χ2v) is 8.54. The second kappa shape index (κ2) is 10.3. The molecule has 2 aromatic rings. The van der Waals surface area contributed by atoms with Gasteiger partial charge in [0.05, 0.1) is 5.92 Å². The second-order valence-electron chi connectivity index (χ2n) is 8.54. The van der Waals surface area contributed by atoms with E-state index in [0.29, 0.717) is 12.8 Å². The predicted octanol–water partition coefficient (Wildman–Crippen LogP) is 3.66. The largest absolute Gasteiger partial charge is 0.481 e. The third kappa shape index (κ3) is 5.46. The molecule has 3 rings (SSSR count). The van der Waals surface area contributed by atoms with Crippen molar-refractivity contribution < 1.29 is 24.6 Å². The maximum Gasteiger partial charge on any atom is 0.326 e. The van der Waals surface area contributed by atoms with E-state index in [2.05, 4.69) is 0 Å². The van der Waals surface area contributed by atoms with Crippen molar-refractivity contribution in [2.75, 3.05) is 6.54 Å². The summed E-state index contributed by atoms with van der Waals surface area (Å²) in [4.78, 5) is 40.3. The minimum absolute atomic E-state index is 0.0309. The van der Waals surface area contributed by atoms with Gasteiger partial charge in [0.25, 0.3) is 0 Å². The van der Waals surface area contributed by atoms with Gasteiger partial charge in [-0.3, -0.25) is 4.79 Å². The van der Waals surface area contributed by atoms with Gasteiger partial charge in [0.2, 0.25) is 0 Å². The molecule has 1 aliphatic rings. The number of rotatable bonds is 8. The van der Waals surface area contributed by atoms with Gasteiger partial charge in [0.15, 0.2) is 0 Å². The molecular formula is C25H30N2O5. The van der Waals surface area contributed by atoms with Gasteiger partial charge in [-0.2, -0.15) is 0 Å². The normalized spacial score (nSPS) is 16.3. The number of nitrogens with zero attached hydrogens (tertiary/aromatic N) is 2. The number of carbonyl (C=O) groups is 3. The molecule has 2 aromatic carbocycles. The topological polar surface area (TPSA) is 98.2 Å². The first-order chi connectivity index (χ1) is 15.3. The van der Waals surface area contributed by atoms with Crippen LogP contribution in [-0.4, -0.2) is 56.6 Å². The van der Waals surface area contributed by atoms with Gasteiger partial charge in [-0.25, -0.2) is 9.59 Å². The first-order valence-electron chi connectivity index (χ1n) is 10.9. The fourth-order valence-corrected chi connectivity index (χ4v) is 4.14. The maximum absolute atomic E-state index is 13.5. The Kier molecular flexibility index (Phi) is 7.51. The Morgan fingerprint density at radius 2 is 1.62 bits per heavy atom. The summed E-state index contributed by atoms with van der Waals surface area (Å²) in [5.41, 5.74) is 2.88. The van der Waals surface area contributed by atoms with E-state index in [1.807, 2.05) is 68.4 Å². The lowest BCUT2D eigenvalue weighted by molar-refractivity contribution is -0.144. The zero-order valence-electron chi connectivity index (χ0n) is 18.5. The third-order valence-electron chi connectivity index (χ3n) is 6.04. The van der Waals surface area contributed by atoms with Crippen LogP contribution in [0.1, 0.15) is 37.0 Å². The summed E-state index contributed by atoms with van der Waals surface area (Å²) in [7, 11) is 0. The van der Waals surface area contributed by atoms with E-state index in [0.717, 1.165) is 16.7 Å². The van der Waals surface area contributed by atoms with Gasteiger partial charge in [-0.15, -0.1) is 0 Å². The van der Waals surface area contributed by atoms with Gasteiger partial charge in [-0.1, -0.05) is 54.6 Å². The highest BCUT2D eigenvalue weighted by atomic mass is 16.4. The van der Waals surface area contributed by atoms with Gasteiger partial charge in [-0.05, 0) is 43.4 Å². The van der Waals surface area contributed by atoms with Gasteiger partial charge >= 0.3 is 18.0 Å². The molecule has 0 fully saturated rings. The first kappa shape index (κ1) is 23.3. The standard InChI is InChI=1S/C25H30N2O5/c1-17(2)26(16-21(23(28)29)13-12-18-8-4-3-5-9-18)25(32)27-15-20-11-7-6-10-19(20)14-22(27)24(30)31/h3-11,17,21-22H,12-16H2,1-2H3,(H,28,29)(H,30,31)/t21-,22+/m1/s1. The van der Waals surface area contributed by atoms with Crippen LogP contribution in [0.3, 0.4) is 0 Å². The van der Waals surface area contributed by atoms with Crippen molar-refractivity contribution in [2.24, 2.45) is 5.92 Å². The average Bonchev–Trinajstić information content (AvgIpc) is 2.78. The highest BCUT2D eigenvalue weighted by molar-refractivity contribution is 5.84. The Morgan fingerprint density at radius 3 is 2.22 bits per heavy atom. The lowest BCUT2D eigenvalue weighted by atomic mass is 9.94. The number of aryl methyl sites for hydroxylation is 1. The number of amides is 2. The molecule has 2 atom stereocenters. The summed E-state index contributed by atoms with van der Waals surface area (Å²) in [6.07, 6.45) is 1.22. The van der Waals surface area contributed by atoms with Crippen LogP contribution >= 0.6 is 0 Å². The molecular weight excluding hydrogens is 408 g/mol. The molecule has 0 radical (unpaired) electrons. The number of carboxylic acid groups (broad SMARTS) is 2. The van der Waals surface area contributed by atoms with Crippen molar-refractivity contribution in [3.63, 3.8) is 0 Å². The van der Waals surface area contributed by atoms with Crippen LogP contribution in [0.4, 0.5) is 4.79 Å². The molecule has 1 aliphatic heterocycles. The molecule has 7 nitrogen and oxygen atoms in total. The molecule has 0 aromatic heterocycles. The smallest absolute Gasteiger partial charge is 0.326 e. The number of carboxylic acids is 2. The Hall–Kier alpha value is -3.35. The van der Waals surface area contributed by atoms with Crippen LogP contribution in [0.15, 0.2) is 54.6 Å². The Balaban J connectivity index is 1.79. The Labute approximate surface area is 188 Å². The van der Waals surface area contributed by atoms with Crippen LogP contribution in [0.25, 0.3) is 0 Å². The fraction of sp³-hybridized carbons (Fsp3) is 0.400. The van der Waals surface area contributed by atoms with Crippen LogP contribution in [0.2, 0.25) is 0 Å². The van der Waals surface area contributed by atoms with Crippen molar-refractivity contribution in [1.82, 2.24) is 9.80 Å². The van der Waals surface area contributed by atoms with Crippen LogP contribution in [0, 0.1) is 5.92 Å². The molecule has 0 bridgehead atoms. The van der Waals surface area contributed by atoms with Crippen LogP contribution in [0.5, 0.6) is 0 Å². The molecule has 32 heavy (non-hydrogen) atoms. The van der Waals surface area contributed by atoms with Crippen molar-refractivity contribution in [3.05, 3.63) is 71.3 Å². The lowest BCUT2D eigenvalue weighted by Gasteiger charge is -2.40. The molecule has 0 aliphatic carbocycles. The number of benzene rings is 2. The van der Waals surface area contributed by atoms with Crippen molar-refractivity contribution in [1.29, 1.82) is 0 Å². The molecule has 7 heteroatoms. The van der Waals surface area contributed by atoms with Crippen LogP contribution in [-0.2, 0) is 29.0 Å². The van der Waals surface area contributed by atoms with Gasteiger partial charge < -0.3 is 20.0 Å². The maximum atomic E-state index is 13.5. The minimum atomic E-state index is -1.06. The van der Waals surface area contributed by atoms with Crippen LogP contribution < -0.4 is 0 Å². The average molecular weight is 439 g/mol. The summed E-state index contributed by atoms with van der Waals surface area (Å²) in [5.74, 6) is -2.77. The molecule has 1 heterocycles. The summed E-state index contributed by atoms with van der Waals surface area (Å²) < 4.78 is 0. The third-order valence-corrected chi connectivity index (χ3v) is 6.04. The van der Waals surface area contributed by atoms with E-state index < -0.39 is 29.9 Å². The van der Waals surface area contributed by atoms with Crippen molar-refractivity contribution in [2.45, 2.75) is 51.7 Å². The first-order valence-corrected chi connectivity index (χ1v) is 10.9. The van der Waals surface area contributed by atoms with Gasteiger partial charge in [0.1, 0.15) is 6.04 Å². The molecule has 170 valence electrons.